The number of hydrogen-bond donors (Lipinski definition) is 2. The van der Waals surface area contributed by atoms with E-state index in [1.54, 1.807) is 14.2 Å². The summed E-state index contributed by atoms with van der Waals surface area (Å²) in [6.45, 7) is 4.17. The number of nitrogens with one attached hydrogen (secondary N) is 1. The molecule has 2 aromatic rings. The second-order valence-electron chi connectivity index (χ2n) is 4.89. The first-order chi connectivity index (χ1) is 10.1. The van der Waals surface area contributed by atoms with Gasteiger partial charge in [-0.15, -0.1) is 5.10 Å². The molecule has 0 aliphatic heterocycles. The summed E-state index contributed by atoms with van der Waals surface area (Å²) in [6, 6.07) is 5.55. The topological polar surface area (TPSA) is 82.3 Å². The van der Waals surface area contributed by atoms with E-state index in [-0.39, 0.29) is 12.0 Å². The van der Waals surface area contributed by atoms with Crippen LogP contribution in [-0.4, -0.2) is 23.8 Å². The molecule has 0 amide bonds. The third-order valence-corrected chi connectivity index (χ3v) is 4.06. The minimum atomic E-state index is -0.179. The number of benzene rings is 1. The van der Waals surface area contributed by atoms with Crippen LogP contribution >= 0.6 is 11.5 Å². The van der Waals surface area contributed by atoms with Crippen LogP contribution in [0.1, 0.15) is 41.9 Å². The number of ether oxygens (including phenoxy) is 2. The lowest BCUT2D eigenvalue weighted by Crippen LogP contribution is -2.29. The molecule has 21 heavy (non-hydrogen) atoms. The Labute approximate surface area is 128 Å². The maximum atomic E-state index is 5.76. The van der Waals surface area contributed by atoms with Crippen molar-refractivity contribution in [2.24, 2.45) is 5.84 Å². The van der Waals surface area contributed by atoms with E-state index >= 15 is 0 Å². The molecule has 1 unspecified atom stereocenters. The minimum Gasteiger partial charge on any atom is -0.493 e. The van der Waals surface area contributed by atoms with Crippen LogP contribution in [0.5, 0.6) is 11.5 Å². The Morgan fingerprint density at radius 1 is 1.19 bits per heavy atom. The average Bonchev–Trinajstić information content (AvgIpc) is 2.97. The van der Waals surface area contributed by atoms with Crippen LogP contribution in [-0.2, 0) is 0 Å². The van der Waals surface area contributed by atoms with Gasteiger partial charge in [0.25, 0.3) is 0 Å². The highest BCUT2D eigenvalue weighted by atomic mass is 32.1. The fourth-order valence-electron chi connectivity index (χ4n) is 2.16. The fourth-order valence-corrected chi connectivity index (χ4v) is 3.06. The highest BCUT2D eigenvalue weighted by Crippen LogP contribution is 2.35. The number of methoxy groups -OCH3 is 2. The van der Waals surface area contributed by atoms with Crippen molar-refractivity contribution < 1.29 is 9.47 Å². The van der Waals surface area contributed by atoms with Crippen molar-refractivity contribution >= 4 is 11.5 Å². The van der Waals surface area contributed by atoms with Gasteiger partial charge in [-0.1, -0.05) is 24.4 Å². The molecule has 1 atom stereocenters. The summed E-state index contributed by atoms with van der Waals surface area (Å²) in [5.41, 5.74) is 4.77. The quantitative estimate of drug-likeness (QED) is 0.629. The molecule has 114 valence electrons. The largest absolute Gasteiger partial charge is 0.493 e. The van der Waals surface area contributed by atoms with Gasteiger partial charge >= 0.3 is 0 Å². The standard InChI is InChI=1S/C14H20N4O2S/c1-8(2)12-14(21-18-17-12)13(16-15)9-5-6-10(19-3)11(7-9)20-4/h5-8,13,16H,15H2,1-4H3. The van der Waals surface area contributed by atoms with Gasteiger partial charge in [-0.25, -0.2) is 5.43 Å². The van der Waals surface area contributed by atoms with Gasteiger partial charge in [0.2, 0.25) is 0 Å². The van der Waals surface area contributed by atoms with E-state index in [0.717, 1.165) is 16.1 Å². The summed E-state index contributed by atoms with van der Waals surface area (Å²) in [5.74, 6) is 7.39. The van der Waals surface area contributed by atoms with E-state index in [1.165, 1.54) is 11.5 Å². The summed E-state index contributed by atoms with van der Waals surface area (Å²) in [7, 11) is 3.22. The predicted octanol–water partition coefficient (Wildman–Crippen LogP) is 2.23. The van der Waals surface area contributed by atoms with E-state index in [2.05, 4.69) is 28.9 Å². The molecular formula is C14H20N4O2S. The Morgan fingerprint density at radius 3 is 2.48 bits per heavy atom. The number of hydrazine groups is 1. The molecule has 6 nitrogen and oxygen atoms in total. The van der Waals surface area contributed by atoms with Crippen LogP contribution in [0.3, 0.4) is 0 Å². The van der Waals surface area contributed by atoms with E-state index in [0.29, 0.717) is 11.5 Å². The predicted molar refractivity (Wildman–Crippen MR) is 82.7 cm³/mol. The molecule has 0 saturated carbocycles. The Bertz CT molecular complexity index is 600. The Balaban J connectivity index is 2.44. The van der Waals surface area contributed by atoms with Crippen molar-refractivity contribution in [3.63, 3.8) is 0 Å². The smallest absolute Gasteiger partial charge is 0.161 e. The molecule has 0 spiro atoms. The summed E-state index contributed by atoms with van der Waals surface area (Å²) in [4.78, 5) is 1.01. The van der Waals surface area contributed by atoms with Gasteiger partial charge < -0.3 is 9.47 Å². The number of nitrogens with zero attached hydrogens (tertiary/aromatic N) is 2. The number of aromatic nitrogens is 2. The Kier molecular flexibility index (Phi) is 5.11. The third kappa shape index (κ3) is 3.15. The first-order valence-electron chi connectivity index (χ1n) is 6.62. The molecular weight excluding hydrogens is 288 g/mol. The highest BCUT2D eigenvalue weighted by Gasteiger charge is 2.22. The Morgan fingerprint density at radius 2 is 1.90 bits per heavy atom. The van der Waals surface area contributed by atoms with Crippen LogP contribution in [0.25, 0.3) is 0 Å². The first kappa shape index (κ1) is 15.7. The molecule has 0 aliphatic rings. The Hall–Kier alpha value is -1.70. The average molecular weight is 308 g/mol. The lowest BCUT2D eigenvalue weighted by atomic mass is 10.0. The first-order valence-corrected chi connectivity index (χ1v) is 7.39. The van der Waals surface area contributed by atoms with Crippen LogP contribution in [0, 0.1) is 0 Å². The number of hydrogen-bond acceptors (Lipinski definition) is 7. The van der Waals surface area contributed by atoms with E-state index in [1.807, 2.05) is 18.2 Å². The summed E-state index contributed by atoms with van der Waals surface area (Å²) < 4.78 is 14.7. The molecule has 1 aromatic heterocycles. The lowest BCUT2D eigenvalue weighted by Gasteiger charge is -2.18. The van der Waals surface area contributed by atoms with Crippen molar-refractivity contribution in [3.8, 4) is 11.5 Å². The van der Waals surface area contributed by atoms with Crippen LogP contribution in [0.2, 0.25) is 0 Å². The molecule has 1 aromatic carbocycles. The second kappa shape index (κ2) is 6.84. The summed E-state index contributed by atoms with van der Waals surface area (Å²) in [6.07, 6.45) is 0. The molecule has 3 N–H and O–H groups in total. The molecule has 0 bridgehead atoms. The zero-order valence-electron chi connectivity index (χ0n) is 12.6. The zero-order valence-corrected chi connectivity index (χ0v) is 13.4. The van der Waals surface area contributed by atoms with Crippen molar-refractivity contribution in [2.45, 2.75) is 25.8 Å². The maximum Gasteiger partial charge on any atom is 0.161 e. The molecule has 0 aliphatic carbocycles. The zero-order chi connectivity index (χ0) is 15.4. The normalized spacial score (nSPS) is 12.5. The van der Waals surface area contributed by atoms with Gasteiger partial charge in [0.1, 0.15) is 0 Å². The van der Waals surface area contributed by atoms with Gasteiger partial charge in [0.05, 0.1) is 30.8 Å². The minimum absolute atomic E-state index is 0.179. The van der Waals surface area contributed by atoms with E-state index in [4.69, 9.17) is 15.3 Å². The van der Waals surface area contributed by atoms with Crippen LogP contribution < -0.4 is 20.7 Å². The van der Waals surface area contributed by atoms with Gasteiger partial charge in [0, 0.05) is 0 Å². The SMILES string of the molecule is COc1ccc(C(NN)c2snnc2C(C)C)cc1OC. The van der Waals surface area contributed by atoms with Crippen molar-refractivity contribution in [1.82, 2.24) is 15.0 Å². The molecule has 2 rings (SSSR count). The molecule has 0 fully saturated rings. The summed E-state index contributed by atoms with van der Waals surface area (Å²) >= 11 is 1.35. The van der Waals surface area contributed by atoms with Gasteiger partial charge in [-0.05, 0) is 35.1 Å². The molecule has 0 radical (unpaired) electrons. The van der Waals surface area contributed by atoms with E-state index < -0.39 is 0 Å². The van der Waals surface area contributed by atoms with Gasteiger partial charge in [-0.2, -0.15) is 0 Å². The monoisotopic (exact) mass is 308 g/mol. The summed E-state index contributed by atoms with van der Waals surface area (Å²) in [5, 5.41) is 4.20. The number of nitrogens with two attached hydrogens (primary N) is 1. The van der Waals surface area contributed by atoms with Crippen molar-refractivity contribution in [3.05, 3.63) is 34.3 Å². The van der Waals surface area contributed by atoms with E-state index in [9.17, 15) is 0 Å². The molecule has 0 saturated heterocycles. The van der Waals surface area contributed by atoms with Crippen LogP contribution in [0.4, 0.5) is 0 Å². The maximum absolute atomic E-state index is 5.76. The van der Waals surface area contributed by atoms with Crippen molar-refractivity contribution in [2.75, 3.05) is 14.2 Å². The molecule has 7 heteroatoms. The second-order valence-corrected chi connectivity index (χ2v) is 5.68. The number of rotatable bonds is 6. The lowest BCUT2D eigenvalue weighted by molar-refractivity contribution is 0.354. The van der Waals surface area contributed by atoms with Gasteiger partial charge in [-0.3, -0.25) is 5.84 Å². The molecule has 1 heterocycles. The van der Waals surface area contributed by atoms with Gasteiger partial charge in [0.15, 0.2) is 11.5 Å². The van der Waals surface area contributed by atoms with Crippen molar-refractivity contribution in [1.29, 1.82) is 0 Å². The van der Waals surface area contributed by atoms with Crippen LogP contribution in [0.15, 0.2) is 18.2 Å². The highest BCUT2D eigenvalue weighted by molar-refractivity contribution is 7.05. The third-order valence-electron chi connectivity index (χ3n) is 3.26. The fraction of sp³-hybridized carbons (Fsp3) is 0.429.